The number of aliphatic hydroxyl groups excluding tert-OH is 3. The third-order valence-corrected chi connectivity index (χ3v) is 7.20. The number of rotatable bonds is 6. The molecule has 4 N–H and O–H groups in total. The van der Waals surface area contributed by atoms with Gasteiger partial charge >= 0.3 is 12.1 Å². The molecule has 1 aliphatic heterocycles. The number of anilines is 1. The van der Waals surface area contributed by atoms with Gasteiger partial charge in [0.1, 0.15) is 24.4 Å². The molecule has 0 bridgehead atoms. The van der Waals surface area contributed by atoms with Crippen LogP contribution in [0.3, 0.4) is 0 Å². The average molecular weight is 530 g/mol. The number of fused-ring (bicyclic) bond motifs is 1. The lowest BCUT2D eigenvalue weighted by Gasteiger charge is -2.42. The Labute approximate surface area is 210 Å². The first-order valence-corrected chi connectivity index (χ1v) is 11.9. The van der Waals surface area contributed by atoms with Crippen LogP contribution in [0.5, 0.6) is 0 Å². The quantitative estimate of drug-likeness (QED) is 0.426. The van der Waals surface area contributed by atoms with E-state index in [1.165, 1.54) is 0 Å². The summed E-state index contributed by atoms with van der Waals surface area (Å²) in [6, 6.07) is 9.53. The van der Waals surface area contributed by atoms with E-state index in [0.29, 0.717) is 29.8 Å². The van der Waals surface area contributed by atoms with Crippen LogP contribution in [0.25, 0.3) is 0 Å². The van der Waals surface area contributed by atoms with Gasteiger partial charge in [-0.05, 0) is 65.6 Å². The van der Waals surface area contributed by atoms with Crippen molar-refractivity contribution in [1.82, 2.24) is 0 Å². The minimum atomic E-state index is -5.31. The van der Waals surface area contributed by atoms with Gasteiger partial charge in [-0.2, -0.15) is 13.2 Å². The zero-order chi connectivity index (χ0) is 26.2. The number of halogens is 4. The molecule has 0 spiro atoms. The molecule has 196 valence electrons. The van der Waals surface area contributed by atoms with Crippen molar-refractivity contribution in [3.63, 3.8) is 0 Å². The van der Waals surface area contributed by atoms with Crippen LogP contribution in [0.15, 0.2) is 30.3 Å². The number of carbonyl (C=O) groups excluding carboxylic acids is 1. The number of ether oxygens (including phenoxy) is 2. The summed E-state index contributed by atoms with van der Waals surface area (Å²) in [4.78, 5) is 11.4. The first kappa shape index (κ1) is 26.7. The first-order chi connectivity index (χ1) is 17.0. The predicted molar refractivity (Wildman–Crippen MR) is 125 cm³/mol. The monoisotopic (exact) mass is 529 g/mol. The molecule has 0 aromatic heterocycles. The van der Waals surface area contributed by atoms with Crippen molar-refractivity contribution in [1.29, 1.82) is 0 Å². The Morgan fingerprint density at radius 2 is 1.83 bits per heavy atom. The second-order valence-corrected chi connectivity index (χ2v) is 9.38. The molecule has 5 atom stereocenters. The zero-order valence-electron chi connectivity index (χ0n) is 19.4. The van der Waals surface area contributed by atoms with Crippen LogP contribution >= 0.6 is 11.6 Å². The summed E-state index contributed by atoms with van der Waals surface area (Å²) in [6.45, 7) is -0.837. The summed E-state index contributed by atoms with van der Waals surface area (Å²) in [7, 11) is 1.82. The summed E-state index contributed by atoms with van der Waals surface area (Å²) >= 11 is 6.75. The number of carbonyl (C=O) groups is 1. The molecule has 7 nitrogen and oxygen atoms in total. The number of hydrogen-bond donors (Lipinski definition) is 4. The molecule has 1 heterocycles. The minimum absolute atomic E-state index is 0.476. The van der Waals surface area contributed by atoms with Gasteiger partial charge in [-0.15, -0.1) is 0 Å². The Morgan fingerprint density at radius 3 is 2.44 bits per heavy atom. The molecule has 2 aromatic carbocycles. The van der Waals surface area contributed by atoms with E-state index in [-0.39, 0.29) is 0 Å². The third kappa shape index (κ3) is 5.19. The Morgan fingerprint density at radius 1 is 1.17 bits per heavy atom. The van der Waals surface area contributed by atoms with Gasteiger partial charge in [0.2, 0.25) is 0 Å². The lowest BCUT2D eigenvalue weighted by atomic mass is 9.86. The summed E-state index contributed by atoms with van der Waals surface area (Å²) < 4.78 is 48.3. The second-order valence-electron chi connectivity index (χ2n) is 9.00. The average Bonchev–Trinajstić information content (AvgIpc) is 3.34. The lowest BCUT2D eigenvalue weighted by molar-refractivity contribution is -0.257. The Kier molecular flexibility index (Phi) is 7.82. The summed E-state index contributed by atoms with van der Waals surface area (Å²) in [5.41, 5.74) is 4.97. The van der Waals surface area contributed by atoms with E-state index in [4.69, 9.17) is 16.3 Å². The molecule has 0 radical (unpaired) electrons. The predicted octanol–water partition coefficient (Wildman–Crippen LogP) is 3.09. The van der Waals surface area contributed by atoms with Gasteiger partial charge in [0.05, 0.1) is 6.61 Å². The highest BCUT2D eigenvalue weighted by molar-refractivity contribution is 6.32. The Hall–Kier alpha value is -2.37. The molecule has 0 amide bonds. The normalized spacial score (nSPS) is 25.9. The van der Waals surface area contributed by atoms with Gasteiger partial charge in [0.25, 0.3) is 0 Å². The van der Waals surface area contributed by atoms with Crippen molar-refractivity contribution in [3.05, 3.63) is 63.2 Å². The van der Waals surface area contributed by atoms with Gasteiger partial charge < -0.3 is 30.1 Å². The van der Waals surface area contributed by atoms with Crippen molar-refractivity contribution in [2.24, 2.45) is 0 Å². The summed E-state index contributed by atoms with van der Waals surface area (Å²) in [5.74, 6) is -2.54. The van der Waals surface area contributed by atoms with Crippen molar-refractivity contribution < 1.29 is 42.8 Å². The fourth-order valence-corrected chi connectivity index (χ4v) is 5.24. The molecule has 1 fully saturated rings. The fourth-order valence-electron chi connectivity index (χ4n) is 4.91. The summed E-state index contributed by atoms with van der Waals surface area (Å²) in [5, 5.41) is 34.9. The highest BCUT2D eigenvalue weighted by Crippen LogP contribution is 2.42. The maximum atomic E-state index is 12.7. The van der Waals surface area contributed by atoms with Gasteiger partial charge in [0.15, 0.2) is 6.10 Å². The van der Waals surface area contributed by atoms with Crippen molar-refractivity contribution in [3.8, 4) is 0 Å². The van der Waals surface area contributed by atoms with E-state index in [1.54, 1.807) is 6.07 Å². The Bertz CT molecular complexity index is 1110. The van der Waals surface area contributed by atoms with Crippen molar-refractivity contribution in [2.45, 2.75) is 62.4 Å². The Balaban J connectivity index is 1.67. The fraction of sp³-hybridized carbons (Fsp3) is 0.480. The van der Waals surface area contributed by atoms with Gasteiger partial charge in [-0.25, -0.2) is 4.79 Å². The number of hydrogen-bond acceptors (Lipinski definition) is 7. The van der Waals surface area contributed by atoms with Crippen molar-refractivity contribution >= 4 is 23.3 Å². The van der Waals surface area contributed by atoms with Crippen LogP contribution in [0.4, 0.5) is 18.9 Å². The highest BCUT2D eigenvalue weighted by atomic mass is 35.5. The molecule has 1 saturated heterocycles. The molecule has 2 aliphatic rings. The van der Waals surface area contributed by atoms with E-state index < -0.39 is 49.3 Å². The second kappa shape index (κ2) is 10.5. The maximum absolute atomic E-state index is 12.7. The number of esters is 1. The van der Waals surface area contributed by atoms with Crippen LogP contribution in [-0.4, -0.2) is 65.5 Å². The van der Waals surface area contributed by atoms with Crippen LogP contribution < -0.4 is 5.32 Å². The zero-order valence-corrected chi connectivity index (χ0v) is 20.1. The topological polar surface area (TPSA) is 108 Å². The standard InChI is InChI=1S/C25H27ClF3NO6/c1-30-14-7-5-12(6-8-14)9-13-10-17(15-3-2-4-16(15)19(13)26)22-20(32)21(33)23(18(11-31)35-22)36-24(34)25(27,28)29/h5-8,10,18,20-23,30-33H,2-4,9,11H2,1H3/t18-,20-,21-,22+,23-/m1/s1. The van der Waals surface area contributed by atoms with Crippen LogP contribution in [0.1, 0.15) is 40.3 Å². The summed E-state index contributed by atoms with van der Waals surface area (Å²) in [6.07, 6.45) is -10.9. The van der Waals surface area contributed by atoms with E-state index in [9.17, 15) is 33.3 Å². The molecule has 0 unspecified atom stereocenters. The van der Waals surface area contributed by atoms with Gasteiger partial charge in [-0.1, -0.05) is 29.8 Å². The van der Waals surface area contributed by atoms with Crippen LogP contribution in [-0.2, 0) is 33.5 Å². The molecular formula is C25H27ClF3NO6. The largest absolute Gasteiger partial charge is 0.490 e. The highest BCUT2D eigenvalue weighted by Gasteiger charge is 2.51. The molecule has 0 saturated carbocycles. The minimum Gasteiger partial charge on any atom is -0.450 e. The van der Waals surface area contributed by atoms with E-state index in [0.717, 1.165) is 34.4 Å². The van der Waals surface area contributed by atoms with Crippen LogP contribution in [0, 0.1) is 0 Å². The van der Waals surface area contributed by atoms with Crippen LogP contribution in [0.2, 0.25) is 5.02 Å². The first-order valence-electron chi connectivity index (χ1n) is 11.5. The molecule has 11 heteroatoms. The third-order valence-electron chi connectivity index (χ3n) is 6.73. The lowest BCUT2D eigenvalue weighted by Crippen LogP contribution is -2.57. The number of nitrogens with one attached hydrogen (secondary N) is 1. The molecule has 2 aromatic rings. The SMILES string of the molecule is CNc1ccc(Cc2cc([C@@H]3O[C@H](CO)[C@@H](OC(=O)C(F)(F)F)[C@H](O)[C@H]3O)c3c(c2Cl)CCC3)cc1. The molecule has 36 heavy (non-hydrogen) atoms. The van der Waals surface area contributed by atoms with E-state index in [1.807, 2.05) is 31.3 Å². The molecular weight excluding hydrogens is 503 g/mol. The van der Waals surface area contributed by atoms with Gasteiger partial charge in [0, 0.05) is 17.8 Å². The maximum Gasteiger partial charge on any atom is 0.490 e. The number of benzene rings is 2. The smallest absolute Gasteiger partial charge is 0.450 e. The number of aliphatic hydroxyl groups is 3. The van der Waals surface area contributed by atoms with E-state index in [2.05, 4.69) is 10.1 Å². The van der Waals surface area contributed by atoms with Gasteiger partial charge in [-0.3, -0.25) is 0 Å². The molecule has 1 aliphatic carbocycles. The van der Waals surface area contributed by atoms with E-state index >= 15 is 0 Å². The number of alkyl halides is 3. The molecule has 4 rings (SSSR count). The van der Waals surface area contributed by atoms with Crippen molar-refractivity contribution in [2.75, 3.05) is 19.0 Å².